The second-order valence-corrected chi connectivity index (χ2v) is 8.72. The van der Waals surface area contributed by atoms with E-state index >= 15 is 0 Å². The van der Waals surface area contributed by atoms with Gasteiger partial charge in [0, 0.05) is 28.7 Å². The number of rotatable bonds is 8. The van der Waals surface area contributed by atoms with Crippen LogP contribution in [0.15, 0.2) is 66.7 Å². The fourth-order valence-electron chi connectivity index (χ4n) is 4.72. The van der Waals surface area contributed by atoms with Gasteiger partial charge in [-0.15, -0.1) is 0 Å². The van der Waals surface area contributed by atoms with Gasteiger partial charge in [-0.3, -0.25) is 9.59 Å². The maximum Gasteiger partial charge on any atom is 0.251 e. The van der Waals surface area contributed by atoms with Crippen molar-refractivity contribution in [3.05, 3.63) is 89.0 Å². The predicted molar refractivity (Wildman–Crippen MR) is 135 cm³/mol. The van der Waals surface area contributed by atoms with Crippen LogP contribution in [0.5, 0.6) is 17.2 Å². The van der Waals surface area contributed by atoms with Crippen molar-refractivity contribution < 1.29 is 23.8 Å². The van der Waals surface area contributed by atoms with Crippen LogP contribution in [0.25, 0.3) is 0 Å². The van der Waals surface area contributed by atoms with E-state index in [4.69, 9.17) is 14.2 Å². The Morgan fingerprint density at radius 3 is 1.94 bits per heavy atom. The summed E-state index contributed by atoms with van der Waals surface area (Å²) in [4.78, 5) is 25.9. The number of ketones is 1. The molecule has 1 fully saturated rings. The van der Waals surface area contributed by atoms with Gasteiger partial charge in [0.1, 0.15) is 5.75 Å². The van der Waals surface area contributed by atoms with E-state index in [9.17, 15) is 9.59 Å². The Morgan fingerprint density at radius 2 is 1.31 bits per heavy atom. The number of ether oxygens (including phenoxy) is 3. The Morgan fingerprint density at radius 1 is 0.714 bits per heavy atom. The molecule has 35 heavy (non-hydrogen) atoms. The molecule has 4 rings (SSSR count). The molecule has 0 radical (unpaired) electrons. The molecule has 0 bridgehead atoms. The fraction of sp³-hybridized carbons (Fsp3) is 0.310. The van der Waals surface area contributed by atoms with Gasteiger partial charge in [0.2, 0.25) is 0 Å². The lowest BCUT2D eigenvalue weighted by molar-refractivity contribution is 0.0919. The summed E-state index contributed by atoms with van der Waals surface area (Å²) in [5.41, 5.74) is 2.77. The van der Waals surface area contributed by atoms with Crippen LogP contribution in [0.4, 0.5) is 0 Å². The van der Waals surface area contributed by atoms with Crippen LogP contribution < -0.4 is 19.5 Å². The van der Waals surface area contributed by atoms with Crippen molar-refractivity contribution in [2.24, 2.45) is 0 Å². The molecule has 3 aromatic rings. The summed E-state index contributed by atoms with van der Waals surface area (Å²) in [6, 6.07) is 19.8. The number of amides is 1. The lowest BCUT2D eigenvalue weighted by atomic mass is 9.79. The zero-order valence-electron chi connectivity index (χ0n) is 20.4. The largest absolute Gasteiger partial charge is 0.497 e. The second kappa shape index (κ2) is 11.1. The minimum absolute atomic E-state index is 0.0231. The monoisotopic (exact) mass is 473 g/mol. The first-order chi connectivity index (χ1) is 17.0. The number of carbonyl (C=O) groups is 2. The molecule has 1 saturated carbocycles. The average Bonchev–Trinajstić information content (AvgIpc) is 2.92. The molecule has 182 valence electrons. The van der Waals surface area contributed by atoms with E-state index in [0.717, 1.165) is 31.2 Å². The van der Waals surface area contributed by atoms with Gasteiger partial charge < -0.3 is 19.5 Å². The van der Waals surface area contributed by atoms with Crippen LogP contribution in [-0.2, 0) is 0 Å². The van der Waals surface area contributed by atoms with E-state index in [1.807, 2.05) is 12.1 Å². The Hall–Kier alpha value is -3.80. The minimum atomic E-state index is -0.133. The van der Waals surface area contributed by atoms with Crippen molar-refractivity contribution >= 4 is 11.7 Å². The van der Waals surface area contributed by atoms with Crippen molar-refractivity contribution in [2.75, 3.05) is 21.3 Å². The molecule has 1 amide bonds. The van der Waals surface area contributed by atoms with Crippen molar-refractivity contribution in [3.8, 4) is 17.2 Å². The molecule has 1 aliphatic carbocycles. The van der Waals surface area contributed by atoms with Crippen LogP contribution in [0.3, 0.4) is 0 Å². The Balaban J connectivity index is 1.46. The second-order valence-electron chi connectivity index (χ2n) is 8.72. The summed E-state index contributed by atoms with van der Waals surface area (Å²) in [6.07, 6.45) is 4.10. The van der Waals surface area contributed by atoms with Crippen molar-refractivity contribution in [3.63, 3.8) is 0 Å². The molecule has 0 spiro atoms. The highest BCUT2D eigenvalue weighted by atomic mass is 16.5. The number of carbonyl (C=O) groups excluding carboxylic acids is 2. The summed E-state index contributed by atoms with van der Waals surface area (Å²) < 4.78 is 16.0. The normalized spacial score (nSPS) is 17.3. The predicted octanol–water partition coefficient (Wildman–Crippen LogP) is 5.40. The van der Waals surface area contributed by atoms with Gasteiger partial charge in [-0.05, 0) is 66.9 Å². The first kappa shape index (κ1) is 24.3. The molecule has 0 aromatic heterocycles. The molecule has 0 saturated heterocycles. The fourth-order valence-corrected chi connectivity index (χ4v) is 4.72. The standard InChI is InChI=1S/C29H31NO5/c1-33-23-15-12-20(13-16-23)28(31)19-8-10-21(11-9-19)29(32)30-25-7-5-4-6-24(25)22-14-17-26(34-2)27(18-22)35-3/h8-18,24-25H,4-7H2,1-3H3,(H,30,32)/t24-,25-/m1/s1. The summed E-state index contributed by atoms with van der Waals surface area (Å²) in [7, 11) is 4.84. The highest BCUT2D eigenvalue weighted by Crippen LogP contribution is 2.37. The SMILES string of the molecule is COc1ccc(C(=O)c2ccc(C(=O)N[C@@H]3CCCC[C@@H]3c3ccc(OC)c(OC)c3)cc2)cc1. The van der Waals surface area contributed by atoms with E-state index in [-0.39, 0.29) is 23.7 Å². The van der Waals surface area contributed by atoms with Crippen LogP contribution in [0, 0.1) is 0 Å². The summed E-state index contributed by atoms with van der Waals surface area (Å²) in [5, 5.41) is 3.23. The quantitative estimate of drug-likeness (QED) is 0.444. The highest BCUT2D eigenvalue weighted by Gasteiger charge is 2.29. The van der Waals surface area contributed by atoms with Crippen molar-refractivity contribution in [2.45, 2.75) is 37.6 Å². The number of nitrogens with one attached hydrogen (secondary N) is 1. The van der Waals surface area contributed by atoms with Gasteiger partial charge in [-0.1, -0.05) is 31.0 Å². The Kier molecular flexibility index (Phi) is 7.70. The number of hydrogen-bond donors (Lipinski definition) is 1. The Labute approximate surface area is 206 Å². The first-order valence-corrected chi connectivity index (χ1v) is 11.9. The van der Waals surface area contributed by atoms with Crippen LogP contribution in [0.1, 0.15) is 63.4 Å². The first-order valence-electron chi connectivity index (χ1n) is 11.9. The minimum Gasteiger partial charge on any atom is -0.497 e. The lowest BCUT2D eigenvalue weighted by Gasteiger charge is -2.33. The molecule has 1 N–H and O–H groups in total. The van der Waals surface area contributed by atoms with Gasteiger partial charge in [0.15, 0.2) is 17.3 Å². The van der Waals surface area contributed by atoms with E-state index in [1.54, 1.807) is 69.9 Å². The van der Waals surface area contributed by atoms with Gasteiger partial charge in [-0.25, -0.2) is 0 Å². The summed E-state index contributed by atoms with van der Waals surface area (Å²) >= 11 is 0. The topological polar surface area (TPSA) is 73.9 Å². The zero-order valence-corrected chi connectivity index (χ0v) is 20.4. The van der Waals surface area contributed by atoms with Crippen molar-refractivity contribution in [1.82, 2.24) is 5.32 Å². The number of hydrogen-bond acceptors (Lipinski definition) is 5. The summed E-state index contributed by atoms with van der Waals surface area (Å²) in [6.45, 7) is 0. The van der Waals surface area contributed by atoms with Gasteiger partial charge in [-0.2, -0.15) is 0 Å². The van der Waals surface area contributed by atoms with Gasteiger partial charge in [0.05, 0.1) is 21.3 Å². The third-order valence-electron chi connectivity index (χ3n) is 6.68. The summed E-state index contributed by atoms with van der Waals surface area (Å²) in [5.74, 6) is 2.05. The highest BCUT2D eigenvalue weighted by molar-refractivity contribution is 6.09. The number of methoxy groups -OCH3 is 3. The van der Waals surface area contributed by atoms with E-state index in [2.05, 4.69) is 11.4 Å². The van der Waals surface area contributed by atoms with E-state index < -0.39 is 0 Å². The van der Waals surface area contributed by atoms with E-state index in [0.29, 0.717) is 33.9 Å². The molecular weight excluding hydrogens is 442 g/mol. The molecule has 0 aliphatic heterocycles. The average molecular weight is 474 g/mol. The molecule has 2 atom stereocenters. The third kappa shape index (κ3) is 5.48. The molecule has 3 aromatic carbocycles. The molecule has 0 heterocycles. The Bertz CT molecular complexity index is 1170. The van der Waals surface area contributed by atoms with Crippen molar-refractivity contribution in [1.29, 1.82) is 0 Å². The third-order valence-corrected chi connectivity index (χ3v) is 6.68. The maximum absolute atomic E-state index is 13.1. The smallest absolute Gasteiger partial charge is 0.251 e. The van der Waals surface area contributed by atoms with E-state index in [1.165, 1.54) is 0 Å². The molecule has 0 unspecified atom stereocenters. The molecule has 6 heteroatoms. The molecular formula is C29H31NO5. The maximum atomic E-state index is 13.1. The zero-order chi connectivity index (χ0) is 24.8. The van der Waals surface area contributed by atoms with Gasteiger partial charge >= 0.3 is 0 Å². The van der Waals surface area contributed by atoms with Crippen LogP contribution in [-0.4, -0.2) is 39.1 Å². The van der Waals surface area contributed by atoms with Crippen LogP contribution >= 0.6 is 0 Å². The van der Waals surface area contributed by atoms with Gasteiger partial charge in [0.25, 0.3) is 5.91 Å². The van der Waals surface area contributed by atoms with Crippen LogP contribution in [0.2, 0.25) is 0 Å². The lowest BCUT2D eigenvalue weighted by Crippen LogP contribution is -2.41. The molecule has 1 aliphatic rings. The molecule has 6 nitrogen and oxygen atoms in total. The number of benzene rings is 3.